The van der Waals surface area contributed by atoms with Crippen LogP contribution in [0.2, 0.25) is 0 Å². The van der Waals surface area contributed by atoms with Gasteiger partial charge in [0.05, 0.1) is 6.61 Å². The highest BCUT2D eigenvalue weighted by molar-refractivity contribution is 9.10. The molecule has 0 aliphatic heterocycles. The van der Waals surface area contributed by atoms with Crippen LogP contribution in [-0.2, 0) is 6.42 Å². The molecule has 1 aliphatic carbocycles. The zero-order valence-corrected chi connectivity index (χ0v) is 9.42. The molecule has 76 valence electrons. The van der Waals surface area contributed by atoms with Crippen molar-refractivity contribution in [2.75, 3.05) is 13.2 Å². The second-order valence-electron chi connectivity index (χ2n) is 3.46. The van der Waals surface area contributed by atoms with Gasteiger partial charge in [0.15, 0.2) is 0 Å². The molecule has 1 unspecified atom stereocenters. The van der Waals surface area contributed by atoms with Crippen molar-refractivity contribution in [1.29, 1.82) is 0 Å². The number of rotatable bonds is 3. The van der Waals surface area contributed by atoms with Gasteiger partial charge < -0.3 is 10.4 Å². The van der Waals surface area contributed by atoms with Crippen LogP contribution in [0.1, 0.15) is 23.6 Å². The largest absolute Gasteiger partial charge is 0.395 e. The van der Waals surface area contributed by atoms with Crippen molar-refractivity contribution in [3.05, 3.63) is 28.0 Å². The molecule has 0 spiro atoms. The van der Waals surface area contributed by atoms with E-state index in [1.807, 2.05) is 12.4 Å². The summed E-state index contributed by atoms with van der Waals surface area (Å²) in [6, 6.07) is 0.363. The minimum absolute atomic E-state index is 0.188. The van der Waals surface area contributed by atoms with Crippen LogP contribution in [0, 0.1) is 0 Å². The quantitative estimate of drug-likeness (QED) is 0.860. The zero-order chi connectivity index (χ0) is 9.97. The molecule has 14 heavy (non-hydrogen) atoms. The molecule has 2 rings (SSSR count). The fourth-order valence-corrected chi connectivity index (χ4v) is 2.48. The molecule has 0 bridgehead atoms. The first-order valence-corrected chi connectivity index (χ1v) is 5.58. The highest BCUT2D eigenvalue weighted by Gasteiger charge is 2.23. The molecule has 4 heteroatoms. The second kappa shape index (κ2) is 4.38. The first-order chi connectivity index (χ1) is 6.83. The van der Waals surface area contributed by atoms with E-state index < -0.39 is 0 Å². The van der Waals surface area contributed by atoms with Gasteiger partial charge >= 0.3 is 0 Å². The van der Waals surface area contributed by atoms with Crippen molar-refractivity contribution in [2.24, 2.45) is 0 Å². The Morgan fingerprint density at radius 3 is 3.21 bits per heavy atom. The van der Waals surface area contributed by atoms with Gasteiger partial charge in [-0.15, -0.1) is 0 Å². The summed E-state index contributed by atoms with van der Waals surface area (Å²) in [6.45, 7) is 0.837. The summed E-state index contributed by atoms with van der Waals surface area (Å²) in [6.07, 6.45) is 5.94. The van der Waals surface area contributed by atoms with E-state index in [2.05, 4.69) is 26.2 Å². The third-order valence-corrected chi connectivity index (χ3v) is 3.28. The van der Waals surface area contributed by atoms with E-state index >= 15 is 0 Å². The van der Waals surface area contributed by atoms with Crippen molar-refractivity contribution in [3.63, 3.8) is 0 Å². The normalized spacial score (nSPS) is 19.7. The SMILES string of the molecule is OCCNC1CCc2c(Br)cncc21. The molecule has 0 radical (unpaired) electrons. The molecule has 2 N–H and O–H groups in total. The number of aliphatic hydroxyl groups excluding tert-OH is 1. The minimum Gasteiger partial charge on any atom is -0.395 e. The van der Waals surface area contributed by atoms with Gasteiger partial charge in [0, 0.05) is 29.5 Å². The van der Waals surface area contributed by atoms with Gasteiger partial charge in [-0.05, 0) is 39.9 Å². The van der Waals surface area contributed by atoms with Gasteiger partial charge in [-0.2, -0.15) is 0 Å². The number of aliphatic hydroxyl groups is 1. The molecule has 0 saturated heterocycles. The molecular weight excluding hydrogens is 244 g/mol. The second-order valence-corrected chi connectivity index (χ2v) is 4.31. The van der Waals surface area contributed by atoms with E-state index in [1.165, 1.54) is 11.1 Å². The number of nitrogens with zero attached hydrogens (tertiary/aromatic N) is 1. The molecular formula is C10H13BrN2O. The van der Waals surface area contributed by atoms with Gasteiger partial charge in [0.25, 0.3) is 0 Å². The Labute approximate surface area is 91.7 Å². The van der Waals surface area contributed by atoms with Crippen molar-refractivity contribution in [1.82, 2.24) is 10.3 Å². The maximum absolute atomic E-state index is 8.74. The van der Waals surface area contributed by atoms with E-state index in [9.17, 15) is 0 Å². The van der Waals surface area contributed by atoms with Crippen molar-refractivity contribution < 1.29 is 5.11 Å². The van der Waals surface area contributed by atoms with Crippen LogP contribution in [0.5, 0.6) is 0 Å². The summed E-state index contributed by atoms with van der Waals surface area (Å²) in [5.74, 6) is 0. The van der Waals surface area contributed by atoms with Crippen LogP contribution in [-0.4, -0.2) is 23.2 Å². The lowest BCUT2D eigenvalue weighted by Crippen LogP contribution is -2.22. The van der Waals surface area contributed by atoms with Gasteiger partial charge in [-0.3, -0.25) is 4.98 Å². The predicted molar refractivity (Wildman–Crippen MR) is 58.1 cm³/mol. The molecule has 1 atom stereocenters. The maximum atomic E-state index is 8.74. The predicted octanol–water partition coefficient (Wildman–Crippen LogP) is 1.41. The number of fused-ring (bicyclic) bond motifs is 1. The Balaban J connectivity index is 2.18. The van der Waals surface area contributed by atoms with E-state index in [0.29, 0.717) is 12.6 Å². The molecule has 3 nitrogen and oxygen atoms in total. The summed E-state index contributed by atoms with van der Waals surface area (Å²) in [5.41, 5.74) is 2.63. The number of hydrogen-bond donors (Lipinski definition) is 2. The Kier molecular flexibility index (Phi) is 3.15. The molecule has 1 heterocycles. The lowest BCUT2D eigenvalue weighted by atomic mass is 10.1. The van der Waals surface area contributed by atoms with Gasteiger partial charge in [0.1, 0.15) is 0 Å². The van der Waals surface area contributed by atoms with E-state index in [0.717, 1.165) is 17.3 Å². The van der Waals surface area contributed by atoms with Crippen LogP contribution in [0.3, 0.4) is 0 Å². The van der Waals surface area contributed by atoms with Crippen LogP contribution in [0.25, 0.3) is 0 Å². The minimum atomic E-state index is 0.188. The third kappa shape index (κ3) is 1.82. The first kappa shape index (κ1) is 10.1. The highest BCUT2D eigenvalue weighted by atomic mass is 79.9. The average molecular weight is 257 g/mol. The fourth-order valence-electron chi connectivity index (χ4n) is 1.94. The number of pyridine rings is 1. The molecule has 0 fully saturated rings. The average Bonchev–Trinajstić information content (AvgIpc) is 2.60. The maximum Gasteiger partial charge on any atom is 0.0556 e. The Morgan fingerprint density at radius 1 is 1.57 bits per heavy atom. The topological polar surface area (TPSA) is 45.1 Å². The summed E-state index contributed by atoms with van der Waals surface area (Å²) in [5, 5.41) is 12.0. The summed E-state index contributed by atoms with van der Waals surface area (Å²) in [7, 11) is 0. The summed E-state index contributed by atoms with van der Waals surface area (Å²) in [4.78, 5) is 4.16. The Bertz CT molecular complexity index is 330. The summed E-state index contributed by atoms with van der Waals surface area (Å²) < 4.78 is 1.10. The van der Waals surface area contributed by atoms with Crippen molar-refractivity contribution in [2.45, 2.75) is 18.9 Å². The Hall–Kier alpha value is -0.450. The molecule has 0 saturated carbocycles. The first-order valence-electron chi connectivity index (χ1n) is 4.79. The fraction of sp³-hybridized carbons (Fsp3) is 0.500. The number of halogens is 1. The molecule has 0 aromatic carbocycles. The molecule has 1 aromatic heterocycles. The van der Waals surface area contributed by atoms with Crippen LogP contribution in [0.4, 0.5) is 0 Å². The van der Waals surface area contributed by atoms with Gasteiger partial charge in [-0.1, -0.05) is 0 Å². The van der Waals surface area contributed by atoms with Crippen LogP contribution in [0.15, 0.2) is 16.9 Å². The number of aromatic nitrogens is 1. The Morgan fingerprint density at radius 2 is 2.43 bits per heavy atom. The number of nitrogens with one attached hydrogen (secondary N) is 1. The summed E-state index contributed by atoms with van der Waals surface area (Å²) >= 11 is 3.50. The van der Waals surface area contributed by atoms with E-state index in [1.54, 1.807) is 0 Å². The monoisotopic (exact) mass is 256 g/mol. The van der Waals surface area contributed by atoms with Crippen LogP contribution >= 0.6 is 15.9 Å². The van der Waals surface area contributed by atoms with Crippen molar-refractivity contribution >= 4 is 15.9 Å². The number of hydrogen-bond acceptors (Lipinski definition) is 3. The zero-order valence-electron chi connectivity index (χ0n) is 7.83. The van der Waals surface area contributed by atoms with E-state index in [4.69, 9.17) is 5.11 Å². The third-order valence-electron chi connectivity index (χ3n) is 2.60. The standard InChI is InChI=1S/C10H13BrN2O/c11-9-6-12-5-8-7(9)1-2-10(8)13-3-4-14/h5-6,10,13-14H,1-4H2. The van der Waals surface area contributed by atoms with E-state index in [-0.39, 0.29) is 6.61 Å². The van der Waals surface area contributed by atoms with Gasteiger partial charge in [-0.25, -0.2) is 0 Å². The molecule has 0 amide bonds. The lowest BCUT2D eigenvalue weighted by Gasteiger charge is -2.12. The molecule has 1 aromatic rings. The van der Waals surface area contributed by atoms with Gasteiger partial charge in [0.2, 0.25) is 0 Å². The lowest BCUT2D eigenvalue weighted by molar-refractivity contribution is 0.284. The molecule has 1 aliphatic rings. The smallest absolute Gasteiger partial charge is 0.0556 e. The highest BCUT2D eigenvalue weighted by Crippen LogP contribution is 2.34. The van der Waals surface area contributed by atoms with Crippen LogP contribution < -0.4 is 5.32 Å². The van der Waals surface area contributed by atoms with Crippen molar-refractivity contribution in [3.8, 4) is 0 Å².